The van der Waals surface area contributed by atoms with Crippen molar-refractivity contribution in [1.29, 1.82) is 0 Å². The van der Waals surface area contributed by atoms with Crippen LogP contribution in [0.5, 0.6) is 0 Å². The van der Waals surface area contributed by atoms with Crippen LogP contribution in [0, 0.1) is 0 Å². The van der Waals surface area contributed by atoms with Crippen LogP contribution in [0.3, 0.4) is 0 Å². The third-order valence-corrected chi connectivity index (χ3v) is 4.04. The highest BCUT2D eigenvalue weighted by molar-refractivity contribution is 5.66. The van der Waals surface area contributed by atoms with E-state index in [9.17, 15) is 9.90 Å². The third-order valence-electron chi connectivity index (χ3n) is 4.04. The van der Waals surface area contributed by atoms with Gasteiger partial charge in [0.2, 0.25) is 0 Å². The monoisotopic (exact) mass is 263 g/mol. The van der Waals surface area contributed by atoms with Gasteiger partial charge < -0.3 is 10.2 Å². The van der Waals surface area contributed by atoms with E-state index in [4.69, 9.17) is 5.11 Å². The standard InChI is InChI=1S/C15H21NO3/c1-16-12(7-8-15(18)19)10-14(17)13(16)9-11-5-3-2-4-6-11/h2-6,12-14,17H,7-10H2,1H3,(H,18,19)/t12-,13+,14+/m1/s1. The molecular formula is C15H21NO3. The Kier molecular flexibility index (Phi) is 4.56. The summed E-state index contributed by atoms with van der Waals surface area (Å²) in [6.07, 6.45) is 1.88. The molecule has 1 aromatic carbocycles. The number of carbonyl (C=O) groups is 1. The number of hydrogen-bond donors (Lipinski definition) is 2. The van der Waals surface area contributed by atoms with E-state index in [2.05, 4.69) is 17.0 Å². The summed E-state index contributed by atoms with van der Waals surface area (Å²) < 4.78 is 0. The molecule has 4 nitrogen and oxygen atoms in total. The molecule has 3 atom stereocenters. The summed E-state index contributed by atoms with van der Waals surface area (Å²) in [6, 6.07) is 10.3. The predicted octanol–water partition coefficient (Wildman–Crippen LogP) is 1.53. The molecule has 1 fully saturated rings. The minimum atomic E-state index is -0.769. The molecule has 19 heavy (non-hydrogen) atoms. The third kappa shape index (κ3) is 3.55. The van der Waals surface area contributed by atoms with Crippen LogP contribution in [0.15, 0.2) is 30.3 Å². The van der Waals surface area contributed by atoms with Crippen molar-refractivity contribution in [3.05, 3.63) is 35.9 Å². The van der Waals surface area contributed by atoms with E-state index < -0.39 is 5.97 Å². The maximum Gasteiger partial charge on any atom is 0.303 e. The Labute approximate surface area is 113 Å². The quantitative estimate of drug-likeness (QED) is 0.845. The normalized spacial score (nSPS) is 27.6. The minimum Gasteiger partial charge on any atom is -0.481 e. The van der Waals surface area contributed by atoms with E-state index in [1.807, 2.05) is 25.2 Å². The van der Waals surface area contributed by atoms with E-state index in [-0.39, 0.29) is 24.6 Å². The summed E-state index contributed by atoms with van der Waals surface area (Å²) in [5.74, 6) is -0.769. The Morgan fingerprint density at radius 1 is 1.37 bits per heavy atom. The lowest BCUT2D eigenvalue weighted by Crippen LogP contribution is -2.37. The Hall–Kier alpha value is -1.39. The summed E-state index contributed by atoms with van der Waals surface area (Å²) in [5.41, 5.74) is 1.21. The van der Waals surface area contributed by atoms with Crippen molar-refractivity contribution in [2.75, 3.05) is 7.05 Å². The van der Waals surface area contributed by atoms with E-state index in [1.165, 1.54) is 5.56 Å². The molecule has 1 heterocycles. The number of carboxylic acids is 1. The number of aliphatic carboxylic acids is 1. The molecule has 0 saturated carbocycles. The number of likely N-dealkylation sites (tertiary alicyclic amines) is 1. The zero-order valence-corrected chi connectivity index (χ0v) is 11.2. The van der Waals surface area contributed by atoms with E-state index in [0.717, 1.165) is 6.42 Å². The first-order valence-corrected chi connectivity index (χ1v) is 6.73. The molecule has 0 amide bonds. The fourth-order valence-corrected chi connectivity index (χ4v) is 2.89. The number of carboxylic acid groups (broad SMARTS) is 1. The van der Waals surface area contributed by atoms with Crippen LogP contribution in [0.2, 0.25) is 0 Å². The summed E-state index contributed by atoms with van der Waals surface area (Å²) in [5, 5.41) is 18.9. The molecule has 1 aliphatic rings. The highest BCUT2D eigenvalue weighted by atomic mass is 16.4. The number of rotatable bonds is 5. The van der Waals surface area contributed by atoms with Gasteiger partial charge in [-0.3, -0.25) is 9.69 Å². The molecular weight excluding hydrogens is 242 g/mol. The van der Waals surface area contributed by atoms with Gasteiger partial charge in [-0.15, -0.1) is 0 Å². The smallest absolute Gasteiger partial charge is 0.303 e. The van der Waals surface area contributed by atoms with Crippen LogP contribution in [0.1, 0.15) is 24.8 Å². The highest BCUT2D eigenvalue weighted by Crippen LogP contribution is 2.28. The fraction of sp³-hybridized carbons (Fsp3) is 0.533. The molecule has 0 aromatic heterocycles. The maximum atomic E-state index is 10.6. The number of aliphatic hydroxyl groups excluding tert-OH is 1. The van der Waals surface area contributed by atoms with Crippen LogP contribution in [-0.4, -0.2) is 46.3 Å². The van der Waals surface area contributed by atoms with Crippen LogP contribution >= 0.6 is 0 Å². The molecule has 104 valence electrons. The molecule has 0 bridgehead atoms. The van der Waals surface area contributed by atoms with E-state index in [0.29, 0.717) is 12.8 Å². The SMILES string of the molecule is CN1[C@H](CCC(=O)O)C[C@H](O)[C@@H]1Cc1ccccc1. The summed E-state index contributed by atoms with van der Waals surface area (Å²) in [7, 11) is 1.98. The van der Waals surface area contributed by atoms with Gasteiger partial charge in [-0.05, 0) is 31.9 Å². The van der Waals surface area contributed by atoms with Crippen molar-refractivity contribution in [2.24, 2.45) is 0 Å². The van der Waals surface area contributed by atoms with Crippen LogP contribution in [0.25, 0.3) is 0 Å². The Morgan fingerprint density at radius 3 is 2.68 bits per heavy atom. The summed E-state index contributed by atoms with van der Waals surface area (Å²) in [6.45, 7) is 0. The largest absolute Gasteiger partial charge is 0.481 e. The lowest BCUT2D eigenvalue weighted by Gasteiger charge is -2.26. The molecule has 0 radical (unpaired) electrons. The van der Waals surface area contributed by atoms with E-state index >= 15 is 0 Å². The average Bonchev–Trinajstić information content (AvgIpc) is 2.65. The second kappa shape index (κ2) is 6.17. The Balaban J connectivity index is 1.96. The van der Waals surface area contributed by atoms with Crippen molar-refractivity contribution in [2.45, 2.75) is 43.9 Å². The number of hydrogen-bond acceptors (Lipinski definition) is 3. The number of aliphatic hydroxyl groups is 1. The van der Waals surface area contributed by atoms with Crippen LogP contribution < -0.4 is 0 Å². The van der Waals surface area contributed by atoms with Crippen LogP contribution in [-0.2, 0) is 11.2 Å². The van der Waals surface area contributed by atoms with Gasteiger partial charge in [0.25, 0.3) is 0 Å². The number of benzene rings is 1. The number of nitrogens with zero attached hydrogens (tertiary/aromatic N) is 1. The van der Waals surface area contributed by atoms with Gasteiger partial charge in [0, 0.05) is 18.5 Å². The molecule has 1 saturated heterocycles. The van der Waals surface area contributed by atoms with Crippen molar-refractivity contribution >= 4 is 5.97 Å². The lowest BCUT2D eigenvalue weighted by atomic mass is 10.0. The molecule has 0 spiro atoms. The van der Waals surface area contributed by atoms with Gasteiger partial charge in [0.05, 0.1) is 6.10 Å². The van der Waals surface area contributed by atoms with Crippen molar-refractivity contribution in [3.8, 4) is 0 Å². The minimum absolute atomic E-state index is 0.0844. The second-order valence-corrected chi connectivity index (χ2v) is 5.31. The van der Waals surface area contributed by atoms with Gasteiger partial charge in [-0.1, -0.05) is 30.3 Å². The Bertz CT molecular complexity index is 421. The first-order valence-electron chi connectivity index (χ1n) is 6.73. The first kappa shape index (κ1) is 14.0. The van der Waals surface area contributed by atoms with Gasteiger partial charge in [0.1, 0.15) is 0 Å². The van der Waals surface area contributed by atoms with Gasteiger partial charge in [-0.25, -0.2) is 0 Å². The zero-order valence-electron chi connectivity index (χ0n) is 11.2. The van der Waals surface area contributed by atoms with Gasteiger partial charge >= 0.3 is 5.97 Å². The Morgan fingerprint density at radius 2 is 2.05 bits per heavy atom. The number of likely N-dealkylation sites (N-methyl/N-ethyl adjacent to an activating group) is 1. The summed E-state index contributed by atoms with van der Waals surface area (Å²) >= 11 is 0. The molecule has 4 heteroatoms. The highest BCUT2D eigenvalue weighted by Gasteiger charge is 2.37. The van der Waals surface area contributed by atoms with Crippen molar-refractivity contribution < 1.29 is 15.0 Å². The molecule has 0 aliphatic carbocycles. The van der Waals surface area contributed by atoms with Gasteiger partial charge in [-0.2, -0.15) is 0 Å². The molecule has 2 rings (SSSR count). The second-order valence-electron chi connectivity index (χ2n) is 5.31. The van der Waals surface area contributed by atoms with Crippen molar-refractivity contribution in [1.82, 2.24) is 4.90 Å². The fourth-order valence-electron chi connectivity index (χ4n) is 2.89. The predicted molar refractivity (Wildman–Crippen MR) is 73.0 cm³/mol. The maximum absolute atomic E-state index is 10.6. The molecule has 1 aliphatic heterocycles. The topological polar surface area (TPSA) is 60.8 Å². The molecule has 1 aromatic rings. The van der Waals surface area contributed by atoms with Crippen molar-refractivity contribution in [3.63, 3.8) is 0 Å². The van der Waals surface area contributed by atoms with Gasteiger partial charge in [0.15, 0.2) is 0 Å². The average molecular weight is 263 g/mol. The summed E-state index contributed by atoms with van der Waals surface area (Å²) in [4.78, 5) is 12.8. The molecule has 2 N–H and O–H groups in total. The zero-order chi connectivity index (χ0) is 13.8. The van der Waals surface area contributed by atoms with E-state index in [1.54, 1.807) is 0 Å². The molecule has 0 unspecified atom stereocenters. The lowest BCUT2D eigenvalue weighted by molar-refractivity contribution is -0.137. The van der Waals surface area contributed by atoms with Crippen LogP contribution in [0.4, 0.5) is 0 Å². The first-order chi connectivity index (χ1) is 9.08.